The maximum Gasteiger partial charge on any atom is 0.220 e. The van der Waals surface area contributed by atoms with Crippen LogP contribution in [-0.4, -0.2) is 69.5 Å². The Morgan fingerprint density at radius 2 is 1.16 bits per heavy atom. The van der Waals surface area contributed by atoms with E-state index in [2.05, 4.69) is 79.0 Å². The summed E-state index contributed by atoms with van der Waals surface area (Å²) in [5, 5.41) is 3.19. The van der Waals surface area contributed by atoms with Gasteiger partial charge in [-0.2, -0.15) is 0 Å². The topological polar surface area (TPSA) is 108 Å². The van der Waals surface area contributed by atoms with Gasteiger partial charge in [0.15, 0.2) is 5.84 Å². The zero-order valence-corrected chi connectivity index (χ0v) is 34.1. The van der Waals surface area contributed by atoms with Crippen molar-refractivity contribution in [1.82, 2.24) is 5.32 Å². The molecule has 1 atom stereocenters. The number of allylic oxidation sites excluding steroid dienone is 8. The summed E-state index contributed by atoms with van der Waals surface area (Å²) >= 11 is 0. The minimum atomic E-state index is -4.41. The average Bonchev–Trinajstić information content (AvgIpc) is 3.47. The van der Waals surface area contributed by atoms with Crippen molar-refractivity contribution in [2.45, 2.75) is 168 Å². The lowest BCUT2D eigenvalue weighted by Gasteiger charge is -2.30. The number of nitrogens with zero attached hydrogens (tertiary/aromatic N) is 2. The van der Waals surface area contributed by atoms with E-state index in [0.717, 1.165) is 69.9 Å². The van der Waals surface area contributed by atoms with E-state index in [1.54, 1.807) is 0 Å². The molecule has 0 aromatic rings. The molecule has 0 fully saturated rings. The van der Waals surface area contributed by atoms with Crippen LogP contribution in [0.4, 0.5) is 0 Å². The number of carbonyl (C=O) groups excluding carboxylic acids is 1. The van der Waals surface area contributed by atoms with Crippen LogP contribution in [0.15, 0.2) is 53.6 Å². The van der Waals surface area contributed by atoms with Crippen molar-refractivity contribution in [3.63, 3.8) is 0 Å². The predicted octanol–water partition coefficient (Wildman–Crippen LogP) is 10.7. The number of nitrogens with one attached hydrogen (secondary N) is 1. The Bertz CT molecular complexity index is 1080. The van der Waals surface area contributed by atoms with E-state index in [-0.39, 0.29) is 5.91 Å². The summed E-state index contributed by atoms with van der Waals surface area (Å²) in [7, 11) is -1.29. The van der Waals surface area contributed by atoms with Crippen LogP contribution in [-0.2, 0) is 19.4 Å². The summed E-state index contributed by atoms with van der Waals surface area (Å²) in [5.74, 6) is 1.57. The lowest BCUT2D eigenvalue weighted by molar-refractivity contribution is -0.814. The fraction of sp³-hybridized carbons (Fsp3) is 0.762. The van der Waals surface area contributed by atoms with Gasteiger partial charge in [-0.1, -0.05) is 127 Å². The minimum absolute atomic E-state index is 0.221. The van der Waals surface area contributed by atoms with Gasteiger partial charge >= 0.3 is 0 Å². The van der Waals surface area contributed by atoms with Crippen molar-refractivity contribution in [3.8, 4) is 0 Å². The highest BCUT2D eigenvalue weighted by molar-refractivity contribution is 7.80. The molecule has 1 aliphatic rings. The third kappa shape index (κ3) is 33.5. The first kappa shape index (κ1) is 48.9. The first-order valence-electron chi connectivity index (χ1n) is 20.4. The SMILES string of the molecule is CCCCCC=CCC=CCCCCCCCC(=O)NCC[N+]1(C)CCN=C1CCCCCCCC=CCC=CCCCCC.COS(=O)(=O)[O-]. The number of unbranched alkanes of at least 4 members (excludes halogenated alkanes) is 16. The number of quaternary nitrogens is 1. The monoisotopic (exact) mass is 736 g/mol. The highest BCUT2D eigenvalue weighted by Gasteiger charge is 2.32. The maximum absolute atomic E-state index is 12.4. The van der Waals surface area contributed by atoms with Gasteiger partial charge in [-0.15, -0.1) is 0 Å². The molecule has 0 aromatic carbocycles. The zero-order chi connectivity index (χ0) is 37.7. The van der Waals surface area contributed by atoms with Crippen molar-refractivity contribution in [2.75, 3.05) is 40.3 Å². The molecule has 1 rings (SSSR count). The van der Waals surface area contributed by atoms with Gasteiger partial charge in [-0.25, -0.2) is 13.4 Å². The highest BCUT2D eigenvalue weighted by Crippen LogP contribution is 2.18. The first-order valence-corrected chi connectivity index (χ1v) is 21.8. The normalized spacial score (nSPS) is 16.5. The Hall–Kier alpha value is -2.07. The van der Waals surface area contributed by atoms with Crippen LogP contribution < -0.4 is 5.32 Å². The molecule has 51 heavy (non-hydrogen) atoms. The van der Waals surface area contributed by atoms with Crippen LogP contribution >= 0.6 is 0 Å². The van der Waals surface area contributed by atoms with Crippen molar-refractivity contribution in [2.24, 2.45) is 4.99 Å². The molecule has 296 valence electrons. The van der Waals surface area contributed by atoms with Gasteiger partial charge in [-0.05, 0) is 77.0 Å². The molecule has 1 aliphatic heterocycles. The summed E-state index contributed by atoms with van der Waals surface area (Å²) < 4.78 is 31.9. The molecule has 9 heteroatoms. The Labute approximate surface area is 314 Å². The second kappa shape index (κ2) is 35.0. The second-order valence-electron chi connectivity index (χ2n) is 14.0. The van der Waals surface area contributed by atoms with Gasteiger partial charge < -0.3 is 9.87 Å². The molecule has 1 unspecified atom stereocenters. The first-order chi connectivity index (χ1) is 24.7. The third-order valence-electron chi connectivity index (χ3n) is 9.35. The minimum Gasteiger partial charge on any atom is -0.726 e. The Morgan fingerprint density at radius 1 is 0.725 bits per heavy atom. The van der Waals surface area contributed by atoms with Gasteiger partial charge in [0, 0.05) is 12.8 Å². The largest absolute Gasteiger partial charge is 0.726 e. The predicted molar refractivity (Wildman–Crippen MR) is 217 cm³/mol. The molecule has 0 spiro atoms. The smallest absolute Gasteiger partial charge is 0.220 e. The molecular weight excluding hydrogens is 659 g/mol. The number of rotatable bonds is 32. The molecule has 0 saturated heterocycles. The summed E-state index contributed by atoms with van der Waals surface area (Å²) in [4.78, 5) is 17.3. The number of carbonyl (C=O) groups is 1. The highest BCUT2D eigenvalue weighted by atomic mass is 32.3. The molecule has 0 saturated carbocycles. The standard InChI is InChI=1S/C41H73N3O.CH4O4S/c1-4-6-8-10-12-14-16-18-20-22-24-26-28-30-32-34-40-42-36-38-44(40,3)39-37-43-41(45)35-33-31-29-27-25-23-21-19-17-15-13-11-9-7-5-2;1-5-6(2,3)4/h12-15,18-21H,4-11,16-17,22-39H2,1-3H3;1H3,(H,2,3,4). The van der Waals surface area contributed by atoms with E-state index < -0.39 is 10.4 Å². The van der Waals surface area contributed by atoms with Gasteiger partial charge in [0.2, 0.25) is 16.3 Å². The molecule has 0 bridgehead atoms. The van der Waals surface area contributed by atoms with Gasteiger partial charge in [0.25, 0.3) is 0 Å². The number of amides is 1. The van der Waals surface area contributed by atoms with E-state index >= 15 is 0 Å². The average molecular weight is 736 g/mol. The van der Waals surface area contributed by atoms with Crippen LogP contribution in [0.5, 0.6) is 0 Å². The maximum atomic E-state index is 12.4. The van der Waals surface area contributed by atoms with Gasteiger partial charge in [-0.3, -0.25) is 13.5 Å². The summed E-state index contributed by atoms with van der Waals surface area (Å²) in [5.41, 5.74) is 0. The summed E-state index contributed by atoms with van der Waals surface area (Å²) in [6.07, 6.45) is 47.8. The summed E-state index contributed by atoms with van der Waals surface area (Å²) in [6, 6.07) is 0. The molecule has 8 nitrogen and oxygen atoms in total. The lowest BCUT2D eigenvalue weighted by atomic mass is 10.1. The number of hydrogen-bond acceptors (Lipinski definition) is 6. The molecule has 1 heterocycles. The van der Waals surface area contributed by atoms with E-state index in [9.17, 15) is 17.8 Å². The molecule has 0 radical (unpaired) electrons. The van der Waals surface area contributed by atoms with Crippen molar-refractivity contribution < 1.29 is 26.4 Å². The molecule has 0 aromatic heterocycles. The number of amidine groups is 1. The van der Waals surface area contributed by atoms with Gasteiger partial charge in [0.05, 0.1) is 27.2 Å². The van der Waals surface area contributed by atoms with E-state index in [4.69, 9.17) is 4.99 Å². The second-order valence-corrected chi connectivity index (χ2v) is 15.2. The fourth-order valence-electron chi connectivity index (χ4n) is 6.01. The number of likely N-dealkylation sites (N-methyl/N-ethyl adjacent to an activating group) is 1. The van der Waals surface area contributed by atoms with Crippen LogP contribution in [0.25, 0.3) is 0 Å². The van der Waals surface area contributed by atoms with E-state index in [1.807, 2.05) is 0 Å². The fourth-order valence-corrected chi connectivity index (χ4v) is 6.01. The van der Waals surface area contributed by atoms with Crippen LogP contribution in [0, 0.1) is 0 Å². The van der Waals surface area contributed by atoms with Crippen molar-refractivity contribution >= 4 is 22.1 Å². The quantitative estimate of drug-likeness (QED) is 0.0243. The Kier molecular flexibility index (Phi) is 33.6. The Balaban J connectivity index is 0.00000381. The molecule has 1 amide bonds. The van der Waals surface area contributed by atoms with Gasteiger partial charge in [0.1, 0.15) is 13.1 Å². The lowest BCUT2D eigenvalue weighted by Crippen LogP contribution is -2.51. The van der Waals surface area contributed by atoms with Crippen molar-refractivity contribution in [1.29, 1.82) is 0 Å². The summed E-state index contributed by atoms with van der Waals surface area (Å²) in [6.45, 7) is 8.26. The number of aliphatic imine (C=N–C) groups is 1. The zero-order valence-electron chi connectivity index (χ0n) is 33.3. The van der Waals surface area contributed by atoms with E-state index in [0.29, 0.717) is 6.42 Å². The van der Waals surface area contributed by atoms with Crippen molar-refractivity contribution in [3.05, 3.63) is 48.6 Å². The van der Waals surface area contributed by atoms with Crippen LogP contribution in [0.3, 0.4) is 0 Å². The van der Waals surface area contributed by atoms with Crippen LogP contribution in [0.1, 0.15) is 168 Å². The third-order valence-corrected chi connectivity index (χ3v) is 9.76. The van der Waals surface area contributed by atoms with E-state index in [1.165, 1.54) is 121 Å². The molecule has 1 N–H and O–H groups in total. The molecular formula is C42H77N3O5S. The van der Waals surface area contributed by atoms with Crippen LogP contribution in [0.2, 0.25) is 0 Å². The Morgan fingerprint density at radius 3 is 1.63 bits per heavy atom. The molecule has 0 aliphatic carbocycles. The number of hydrogen-bond donors (Lipinski definition) is 1.